The summed E-state index contributed by atoms with van der Waals surface area (Å²) in [6.45, 7) is 2.07. The third kappa shape index (κ3) is 3.91. The largest absolute Gasteiger partial charge is 0.495 e. The van der Waals surface area contributed by atoms with Crippen LogP contribution in [0.1, 0.15) is 12.5 Å². The summed E-state index contributed by atoms with van der Waals surface area (Å²) in [6.07, 6.45) is 0.391. The second-order valence-corrected chi connectivity index (χ2v) is 3.94. The smallest absolute Gasteiger partial charge is 0.323 e. The lowest BCUT2D eigenvalue weighted by Crippen LogP contribution is -2.34. The Labute approximate surface area is 106 Å². The van der Waals surface area contributed by atoms with Crippen molar-refractivity contribution in [1.82, 2.24) is 0 Å². The van der Waals surface area contributed by atoms with Gasteiger partial charge in [0, 0.05) is 0 Å². The summed E-state index contributed by atoms with van der Waals surface area (Å²) in [7, 11) is 1.55. The van der Waals surface area contributed by atoms with Gasteiger partial charge in [0.15, 0.2) is 0 Å². The fourth-order valence-corrected chi connectivity index (χ4v) is 1.70. The number of nitrogens with two attached hydrogens (primary N) is 1. The first-order valence-electron chi connectivity index (χ1n) is 5.33. The molecule has 4 nitrogen and oxygen atoms in total. The molecule has 1 aromatic rings. The number of rotatable bonds is 5. The number of carbonyl (C=O) groups excluding carboxylic acids is 1. The molecule has 0 amide bonds. The van der Waals surface area contributed by atoms with Crippen molar-refractivity contribution in [3.63, 3.8) is 0 Å². The molecule has 0 bridgehead atoms. The van der Waals surface area contributed by atoms with E-state index in [-0.39, 0.29) is 0 Å². The minimum absolute atomic E-state index is 0.329. The lowest BCUT2D eigenvalue weighted by atomic mass is 10.1. The van der Waals surface area contributed by atoms with E-state index in [4.69, 9.17) is 26.8 Å². The van der Waals surface area contributed by atoms with Crippen molar-refractivity contribution in [3.8, 4) is 5.75 Å². The van der Waals surface area contributed by atoms with Gasteiger partial charge in [-0.3, -0.25) is 4.79 Å². The fourth-order valence-electron chi connectivity index (χ4n) is 1.42. The molecule has 94 valence electrons. The molecule has 0 aliphatic carbocycles. The Morgan fingerprint density at radius 1 is 1.53 bits per heavy atom. The van der Waals surface area contributed by atoms with Crippen molar-refractivity contribution in [3.05, 3.63) is 28.8 Å². The minimum atomic E-state index is -0.667. The van der Waals surface area contributed by atoms with Crippen molar-refractivity contribution in [2.24, 2.45) is 5.73 Å². The molecule has 0 saturated heterocycles. The van der Waals surface area contributed by atoms with Crippen molar-refractivity contribution < 1.29 is 14.3 Å². The number of ether oxygens (including phenoxy) is 2. The van der Waals surface area contributed by atoms with Crippen LogP contribution in [0.4, 0.5) is 0 Å². The summed E-state index contributed by atoms with van der Waals surface area (Å²) in [6, 6.07) is 4.64. The topological polar surface area (TPSA) is 61.5 Å². The maximum Gasteiger partial charge on any atom is 0.323 e. The number of halogens is 1. The summed E-state index contributed by atoms with van der Waals surface area (Å²) < 4.78 is 9.87. The maximum atomic E-state index is 11.4. The molecule has 2 N–H and O–H groups in total. The number of hydrogen-bond acceptors (Lipinski definition) is 4. The van der Waals surface area contributed by atoms with Crippen LogP contribution in [0.25, 0.3) is 0 Å². The van der Waals surface area contributed by atoms with Gasteiger partial charge in [-0.15, -0.1) is 0 Å². The van der Waals surface area contributed by atoms with Gasteiger partial charge in [0.25, 0.3) is 0 Å². The third-order valence-corrected chi connectivity index (χ3v) is 2.56. The SMILES string of the molecule is CCOC(=O)C(N)Cc1ccc(OC)c(Cl)c1. The van der Waals surface area contributed by atoms with E-state index in [1.54, 1.807) is 26.2 Å². The number of esters is 1. The molecule has 0 fully saturated rings. The Morgan fingerprint density at radius 2 is 2.24 bits per heavy atom. The molecule has 0 aromatic heterocycles. The molecule has 0 aliphatic rings. The van der Waals surface area contributed by atoms with Crippen LogP contribution in [0.5, 0.6) is 5.75 Å². The maximum absolute atomic E-state index is 11.4. The molecule has 1 aromatic carbocycles. The summed E-state index contributed by atoms with van der Waals surface area (Å²) >= 11 is 5.97. The van der Waals surface area contributed by atoms with Crippen LogP contribution in [0, 0.1) is 0 Å². The van der Waals surface area contributed by atoms with Crippen LogP contribution in [0.2, 0.25) is 5.02 Å². The third-order valence-electron chi connectivity index (χ3n) is 2.26. The Morgan fingerprint density at radius 3 is 2.76 bits per heavy atom. The van der Waals surface area contributed by atoms with Gasteiger partial charge in [-0.1, -0.05) is 17.7 Å². The molecule has 17 heavy (non-hydrogen) atoms. The molecule has 0 heterocycles. The van der Waals surface area contributed by atoms with Crippen molar-refractivity contribution in [1.29, 1.82) is 0 Å². The quantitative estimate of drug-likeness (QED) is 0.817. The molecule has 5 heteroatoms. The lowest BCUT2D eigenvalue weighted by Gasteiger charge is -2.11. The zero-order valence-corrected chi connectivity index (χ0v) is 10.7. The Balaban J connectivity index is 2.68. The monoisotopic (exact) mass is 257 g/mol. The molecular formula is C12H16ClNO3. The average Bonchev–Trinajstić information content (AvgIpc) is 2.29. The first-order valence-corrected chi connectivity index (χ1v) is 5.71. The number of carbonyl (C=O) groups is 1. The predicted octanol–water partition coefficient (Wildman–Crippen LogP) is 1.78. The zero-order valence-electron chi connectivity index (χ0n) is 9.90. The van der Waals surface area contributed by atoms with Gasteiger partial charge in [0.2, 0.25) is 0 Å². The Bertz CT molecular complexity index is 395. The molecule has 0 saturated carbocycles. The van der Waals surface area contributed by atoms with Gasteiger partial charge in [-0.25, -0.2) is 0 Å². The molecular weight excluding hydrogens is 242 g/mol. The highest BCUT2D eigenvalue weighted by Crippen LogP contribution is 2.25. The van der Waals surface area contributed by atoms with Crippen LogP contribution >= 0.6 is 11.6 Å². The van der Waals surface area contributed by atoms with Gasteiger partial charge in [-0.05, 0) is 31.0 Å². The molecule has 0 spiro atoms. The van der Waals surface area contributed by atoms with Crippen LogP contribution in [-0.4, -0.2) is 25.7 Å². The second-order valence-electron chi connectivity index (χ2n) is 3.53. The molecule has 1 atom stereocenters. The van der Waals surface area contributed by atoms with Crippen molar-refractivity contribution >= 4 is 17.6 Å². The van der Waals surface area contributed by atoms with Gasteiger partial charge >= 0.3 is 5.97 Å². The van der Waals surface area contributed by atoms with Crippen molar-refractivity contribution in [2.75, 3.05) is 13.7 Å². The van der Waals surface area contributed by atoms with E-state index in [1.807, 2.05) is 6.07 Å². The Hall–Kier alpha value is -1.26. The predicted molar refractivity (Wildman–Crippen MR) is 66.3 cm³/mol. The van der Waals surface area contributed by atoms with E-state index >= 15 is 0 Å². The number of hydrogen-bond donors (Lipinski definition) is 1. The van der Waals surface area contributed by atoms with E-state index in [0.717, 1.165) is 5.56 Å². The summed E-state index contributed by atoms with van der Waals surface area (Å²) in [5, 5.41) is 0.501. The summed E-state index contributed by atoms with van der Waals surface area (Å²) in [4.78, 5) is 11.4. The van der Waals surface area contributed by atoms with Crippen LogP contribution in [0.15, 0.2) is 18.2 Å². The highest BCUT2D eigenvalue weighted by Gasteiger charge is 2.15. The first-order chi connectivity index (χ1) is 8.08. The van der Waals surface area contributed by atoms with E-state index in [9.17, 15) is 4.79 Å². The minimum Gasteiger partial charge on any atom is -0.495 e. The van der Waals surface area contributed by atoms with E-state index in [1.165, 1.54) is 0 Å². The van der Waals surface area contributed by atoms with E-state index in [2.05, 4.69) is 0 Å². The van der Waals surface area contributed by atoms with Gasteiger partial charge < -0.3 is 15.2 Å². The number of methoxy groups -OCH3 is 1. The highest BCUT2D eigenvalue weighted by atomic mass is 35.5. The average molecular weight is 258 g/mol. The summed E-state index contributed by atoms with van der Waals surface area (Å²) in [5.74, 6) is 0.194. The van der Waals surface area contributed by atoms with Crippen LogP contribution in [0.3, 0.4) is 0 Å². The fraction of sp³-hybridized carbons (Fsp3) is 0.417. The summed E-state index contributed by atoms with van der Waals surface area (Å²) in [5.41, 5.74) is 6.58. The van der Waals surface area contributed by atoms with E-state index < -0.39 is 12.0 Å². The normalized spacial score (nSPS) is 12.0. The Kier molecular flexibility index (Phi) is 5.25. The van der Waals surface area contributed by atoms with Crippen LogP contribution in [-0.2, 0) is 16.0 Å². The van der Waals surface area contributed by atoms with Crippen molar-refractivity contribution in [2.45, 2.75) is 19.4 Å². The standard InChI is InChI=1S/C12H16ClNO3/c1-3-17-12(15)10(14)7-8-4-5-11(16-2)9(13)6-8/h4-6,10H,3,7,14H2,1-2H3. The lowest BCUT2D eigenvalue weighted by molar-refractivity contribution is -0.144. The molecule has 1 unspecified atom stereocenters. The zero-order chi connectivity index (χ0) is 12.8. The van der Waals surface area contributed by atoms with Gasteiger partial charge in [0.05, 0.1) is 18.7 Å². The highest BCUT2D eigenvalue weighted by molar-refractivity contribution is 6.32. The molecule has 1 rings (SSSR count). The van der Waals surface area contributed by atoms with E-state index in [0.29, 0.717) is 23.8 Å². The second kappa shape index (κ2) is 6.47. The molecule has 0 radical (unpaired) electrons. The van der Waals surface area contributed by atoms with Gasteiger partial charge in [0.1, 0.15) is 11.8 Å². The molecule has 0 aliphatic heterocycles. The first kappa shape index (κ1) is 13.8. The number of benzene rings is 1. The van der Waals surface area contributed by atoms with Crippen LogP contribution < -0.4 is 10.5 Å². The van der Waals surface area contributed by atoms with Gasteiger partial charge in [-0.2, -0.15) is 0 Å².